The van der Waals surface area contributed by atoms with Gasteiger partial charge in [0.2, 0.25) is 5.91 Å². The minimum Gasteiger partial charge on any atom is -0.394 e. The van der Waals surface area contributed by atoms with Gasteiger partial charge in [-0.25, -0.2) is 0 Å². The van der Waals surface area contributed by atoms with Crippen molar-refractivity contribution in [3.8, 4) is 0 Å². The zero-order valence-corrected chi connectivity index (χ0v) is 37.4. The molecule has 0 bridgehead atoms. The van der Waals surface area contributed by atoms with Crippen molar-refractivity contribution in [3.63, 3.8) is 0 Å². The van der Waals surface area contributed by atoms with Crippen molar-refractivity contribution in [2.45, 2.75) is 243 Å². The summed E-state index contributed by atoms with van der Waals surface area (Å²) in [7, 11) is 0. The molecule has 1 heterocycles. The van der Waals surface area contributed by atoms with Gasteiger partial charge in [-0.05, 0) is 70.6 Å². The second kappa shape index (κ2) is 39.0. The van der Waals surface area contributed by atoms with Gasteiger partial charge in [0.05, 0.1) is 25.4 Å². The van der Waals surface area contributed by atoms with Gasteiger partial charge in [-0.2, -0.15) is 0 Å². The van der Waals surface area contributed by atoms with Gasteiger partial charge < -0.3 is 45.4 Å². The van der Waals surface area contributed by atoms with Crippen LogP contribution in [0.2, 0.25) is 0 Å². The molecule has 1 aliphatic rings. The van der Waals surface area contributed by atoms with Crippen LogP contribution < -0.4 is 5.32 Å². The second-order valence-corrected chi connectivity index (χ2v) is 16.7. The van der Waals surface area contributed by atoms with Crippen LogP contribution in [0.5, 0.6) is 0 Å². The second-order valence-electron chi connectivity index (χ2n) is 16.7. The highest BCUT2D eigenvalue weighted by Crippen LogP contribution is 2.22. The van der Waals surface area contributed by atoms with E-state index in [1.807, 2.05) is 6.08 Å². The highest BCUT2D eigenvalue weighted by Gasteiger charge is 2.44. The van der Waals surface area contributed by atoms with E-state index in [9.17, 15) is 35.4 Å². The number of carbonyl (C=O) groups excluding carboxylic acids is 1. The Bertz CT molecular complexity index is 1080. The number of hydrogen-bond donors (Lipinski definition) is 7. The third-order valence-corrected chi connectivity index (χ3v) is 11.2. The molecule has 10 nitrogen and oxygen atoms in total. The monoisotopic (exact) mass is 836 g/mol. The topological polar surface area (TPSA) is 169 Å². The predicted octanol–water partition coefficient (Wildman–Crippen LogP) is 9.20. The summed E-state index contributed by atoms with van der Waals surface area (Å²) >= 11 is 0. The van der Waals surface area contributed by atoms with Crippen molar-refractivity contribution < 1.29 is 44.9 Å². The number of aliphatic hydroxyl groups is 6. The maximum absolute atomic E-state index is 13.0. The zero-order valence-electron chi connectivity index (χ0n) is 37.4. The predicted molar refractivity (Wildman–Crippen MR) is 241 cm³/mol. The molecule has 0 saturated carbocycles. The van der Waals surface area contributed by atoms with E-state index in [0.29, 0.717) is 19.3 Å². The maximum atomic E-state index is 13.0. The van der Waals surface area contributed by atoms with Crippen molar-refractivity contribution in [1.82, 2.24) is 5.32 Å². The van der Waals surface area contributed by atoms with Crippen LogP contribution in [0.15, 0.2) is 48.6 Å². The lowest BCUT2D eigenvalue weighted by Gasteiger charge is -2.40. The molecular weight excluding hydrogens is 747 g/mol. The maximum Gasteiger partial charge on any atom is 0.249 e. The Labute approximate surface area is 359 Å². The van der Waals surface area contributed by atoms with Gasteiger partial charge >= 0.3 is 0 Å². The molecule has 0 aromatic heterocycles. The summed E-state index contributed by atoms with van der Waals surface area (Å²) in [6.45, 7) is 3.54. The summed E-state index contributed by atoms with van der Waals surface area (Å²) in [5.74, 6) is -0.637. The first-order valence-corrected chi connectivity index (χ1v) is 24.0. The van der Waals surface area contributed by atoms with Gasteiger partial charge in [0.25, 0.3) is 0 Å². The smallest absolute Gasteiger partial charge is 0.249 e. The molecule has 1 amide bonds. The number of nitrogens with one attached hydrogen (secondary N) is 1. The van der Waals surface area contributed by atoms with E-state index < -0.39 is 61.5 Å². The molecule has 1 saturated heterocycles. The lowest BCUT2D eigenvalue weighted by Crippen LogP contribution is -2.60. The standard InChI is InChI=1S/C49H89NO9/c1-3-5-7-9-11-13-15-17-18-19-20-21-22-23-24-26-28-30-32-34-36-38-43(53)48(57)50-41(40-58-49-47(56)46(55)45(54)44(39-51)59-49)42(52)37-35-33-31-29-27-25-16-14-12-10-8-6-4-2/h12,14,22-23,27,29,35,37,41-47,49,51-56H,3-11,13,15-21,24-26,28,30-34,36,38-40H2,1-2H3,(H,50,57)/b14-12+,23-22-,29-27+,37-35+. The quantitative estimate of drug-likeness (QED) is 0.0236. The normalized spacial score (nSPS) is 21.7. The molecule has 0 spiro atoms. The largest absolute Gasteiger partial charge is 0.394 e. The summed E-state index contributed by atoms with van der Waals surface area (Å²) in [6.07, 6.45) is 39.2. The Balaban J connectivity index is 2.38. The van der Waals surface area contributed by atoms with Crippen molar-refractivity contribution in [1.29, 1.82) is 0 Å². The molecule has 0 aromatic carbocycles. The van der Waals surface area contributed by atoms with Crippen LogP contribution in [-0.2, 0) is 14.3 Å². The fourth-order valence-corrected chi connectivity index (χ4v) is 7.25. The zero-order chi connectivity index (χ0) is 43.2. The number of ether oxygens (including phenoxy) is 2. The average molecular weight is 836 g/mol. The lowest BCUT2D eigenvalue weighted by molar-refractivity contribution is -0.302. The Hall–Kier alpha value is -1.89. The van der Waals surface area contributed by atoms with Crippen LogP contribution in [0.3, 0.4) is 0 Å². The van der Waals surface area contributed by atoms with Gasteiger partial charge in [0.15, 0.2) is 6.29 Å². The van der Waals surface area contributed by atoms with Gasteiger partial charge in [-0.1, -0.05) is 172 Å². The van der Waals surface area contributed by atoms with Crippen LogP contribution >= 0.6 is 0 Å². The lowest BCUT2D eigenvalue weighted by atomic mass is 9.99. The molecule has 59 heavy (non-hydrogen) atoms. The van der Waals surface area contributed by atoms with Crippen molar-refractivity contribution in [2.75, 3.05) is 13.2 Å². The fraction of sp³-hybridized carbons (Fsp3) is 0.816. The Morgan fingerprint density at radius 2 is 1.00 bits per heavy atom. The molecule has 0 aliphatic carbocycles. The van der Waals surface area contributed by atoms with E-state index in [2.05, 4.69) is 55.6 Å². The van der Waals surface area contributed by atoms with Gasteiger partial charge in [-0.15, -0.1) is 0 Å². The fourth-order valence-electron chi connectivity index (χ4n) is 7.25. The SMILES string of the molecule is CCCCC/C=C/CC/C=C/CC/C=C/C(O)C(COC1OC(CO)C(O)C(O)C1O)NC(=O)C(O)CCCCCCCC/C=C\CCCCCCCCCCCCC. The highest BCUT2D eigenvalue weighted by atomic mass is 16.7. The molecule has 0 radical (unpaired) electrons. The molecule has 7 N–H and O–H groups in total. The number of hydrogen-bond acceptors (Lipinski definition) is 9. The molecule has 8 atom stereocenters. The molecular formula is C49H89NO9. The molecule has 10 heteroatoms. The number of carbonyl (C=O) groups is 1. The number of rotatable bonds is 39. The number of unbranched alkanes of at least 4 members (excludes halogenated alkanes) is 22. The van der Waals surface area contributed by atoms with Crippen molar-refractivity contribution >= 4 is 5.91 Å². The molecule has 1 fully saturated rings. The van der Waals surface area contributed by atoms with Crippen molar-refractivity contribution in [2.24, 2.45) is 0 Å². The van der Waals surface area contributed by atoms with Crippen LogP contribution in [0.4, 0.5) is 0 Å². The number of allylic oxidation sites excluding steroid dienone is 7. The van der Waals surface area contributed by atoms with Crippen LogP contribution in [0.25, 0.3) is 0 Å². The summed E-state index contributed by atoms with van der Waals surface area (Å²) in [5.41, 5.74) is 0. The van der Waals surface area contributed by atoms with Gasteiger partial charge in [0, 0.05) is 0 Å². The van der Waals surface area contributed by atoms with Gasteiger partial charge in [0.1, 0.15) is 30.5 Å². The molecule has 1 rings (SSSR count). The average Bonchev–Trinajstić information content (AvgIpc) is 3.23. The first kappa shape index (κ1) is 55.1. The van der Waals surface area contributed by atoms with Crippen molar-refractivity contribution in [3.05, 3.63) is 48.6 Å². The third-order valence-electron chi connectivity index (χ3n) is 11.2. The van der Waals surface area contributed by atoms with E-state index in [0.717, 1.165) is 51.4 Å². The first-order valence-electron chi connectivity index (χ1n) is 24.0. The van der Waals surface area contributed by atoms with Crippen LogP contribution in [0, 0.1) is 0 Å². The summed E-state index contributed by atoms with van der Waals surface area (Å²) in [6, 6.07) is -1.01. The van der Waals surface area contributed by atoms with E-state index in [-0.39, 0.29) is 6.61 Å². The Morgan fingerprint density at radius 1 is 0.576 bits per heavy atom. The third kappa shape index (κ3) is 29.1. The molecule has 0 aromatic rings. The highest BCUT2D eigenvalue weighted by molar-refractivity contribution is 5.80. The minimum absolute atomic E-state index is 0.292. The molecule has 8 unspecified atom stereocenters. The van der Waals surface area contributed by atoms with E-state index >= 15 is 0 Å². The summed E-state index contributed by atoms with van der Waals surface area (Å²) in [5, 5.41) is 64.6. The van der Waals surface area contributed by atoms with Crippen LogP contribution in [0.1, 0.15) is 194 Å². The van der Waals surface area contributed by atoms with E-state index in [4.69, 9.17) is 9.47 Å². The molecule has 1 aliphatic heterocycles. The van der Waals surface area contributed by atoms with E-state index in [1.54, 1.807) is 6.08 Å². The number of aliphatic hydroxyl groups excluding tert-OH is 6. The number of amides is 1. The Kier molecular flexibility index (Phi) is 36.4. The summed E-state index contributed by atoms with van der Waals surface area (Å²) in [4.78, 5) is 13.0. The van der Waals surface area contributed by atoms with Gasteiger partial charge in [-0.3, -0.25) is 4.79 Å². The van der Waals surface area contributed by atoms with Crippen LogP contribution in [-0.4, -0.2) is 98.7 Å². The summed E-state index contributed by atoms with van der Waals surface area (Å²) < 4.78 is 11.1. The molecule has 344 valence electrons. The minimum atomic E-state index is -1.62. The first-order chi connectivity index (χ1) is 28.8. The van der Waals surface area contributed by atoms with E-state index in [1.165, 1.54) is 109 Å². The Morgan fingerprint density at radius 3 is 1.51 bits per heavy atom.